The summed E-state index contributed by atoms with van der Waals surface area (Å²) >= 11 is 0. The lowest BCUT2D eigenvalue weighted by atomic mass is 9.82. The molecule has 0 aliphatic carbocycles. The number of H-pyrrole nitrogens is 1. The van der Waals surface area contributed by atoms with Crippen molar-refractivity contribution in [1.82, 2.24) is 9.88 Å². The number of hydrogen-bond donors (Lipinski definition) is 3. The maximum absolute atomic E-state index is 13.0. The maximum Gasteiger partial charge on any atom is 0.417 e. The number of ether oxygens (including phenoxy) is 2. The number of rotatable bonds is 6. The molecular formula is C22H26N2O8. The number of aromatic amines is 1. The van der Waals surface area contributed by atoms with E-state index in [1.807, 2.05) is 0 Å². The molecular weight excluding hydrogens is 420 g/mol. The molecule has 2 aliphatic heterocycles. The van der Waals surface area contributed by atoms with Gasteiger partial charge in [0.2, 0.25) is 5.91 Å². The number of aliphatic hydroxyl groups is 2. The first-order valence-corrected chi connectivity index (χ1v) is 10.3. The molecule has 3 heterocycles. The topological polar surface area (TPSA) is 142 Å². The van der Waals surface area contributed by atoms with Crippen molar-refractivity contribution < 1.29 is 33.7 Å². The highest BCUT2D eigenvalue weighted by Crippen LogP contribution is 2.47. The van der Waals surface area contributed by atoms with Crippen LogP contribution in [0.4, 0.5) is 0 Å². The smallest absolute Gasteiger partial charge is 0.417 e. The number of fused-ring (bicyclic) bond motifs is 2. The molecule has 2 aliphatic rings. The van der Waals surface area contributed by atoms with Gasteiger partial charge in [-0.3, -0.25) is 9.78 Å². The standard InChI is InChI=1S/C22H26N2O8/c1-10(25)16-14-8-12(11-5-6-15-13(7-11)23-21(29)32-15)17(24(14)18(16)26)19(27)30-9-31-20(28)22(2,3)4/h5-7,10,14,16,20,25,28H,8-9H2,1-4H3,(H,23,29)/t10-,14-,16-,20?/m1/s1. The average Bonchev–Trinajstić information content (AvgIpc) is 3.23. The molecule has 1 aromatic heterocycles. The summed E-state index contributed by atoms with van der Waals surface area (Å²) in [6, 6.07) is 4.58. The van der Waals surface area contributed by atoms with E-state index < -0.39 is 42.2 Å². The Bertz CT molecular complexity index is 1150. The Hall–Kier alpha value is -2.95. The molecule has 10 heteroatoms. The summed E-state index contributed by atoms with van der Waals surface area (Å²) in [6.07, 6.45) is -1.67. The molecule has 0 bridgehead atoms. The minimum atomic E-state index is -1.15. The van der Waals surface area contributed by atoms with Crippen molar-refractivity contribution in [3.05, 3.63) is 40.0 Å². The molecule has 2 aromatic rings. The van der Waals surface area contributed by atoms with Crippen molar-refractivity contribution in [3.63, 3.8) is 0 Å². The van der Waals surface area contributed by atoms with Gasteiger partial charge in [-0.25, -0.2) is 9.59 Å². The van der Waals surface area contributed by atoms with Crippen LogP contribution >= 0.6 is 0 Å². The zero-order valence-corrected chi connectivity index (χ0v) is 18.2. The van der Waals surface area contributed by atoms with Gasteiger partial charge in [0.25, 0.3) is 0 Å². The van der Waals surface area contributed by atoms with Gasteiger partial charge in [0.1, 0.15) is 5.70 Å². The highest BCUT2D eigenvalue weighted by atomic mass is 16.7. The van der Waals surface area contributed by atoms with Crippen molar-refractivity contribution in [2.24, 2.45) is 11.3 Å². The van der Waals surface area contributed by atoms with Crippen LogP contribution in [0.2, 0.25) is 0 Å². The van der Waals surface area contributed by atoms with Crippen LogP contribution < -0.4 is 5.76 Å². The summed E-state index contributed by atoms with van der Waals surface area (Å²) in [5, 5.41) is 20.0. The molecule has 1 saturated heterocycles. The number of aliphatic hydroxyl groups excluding tert-OH is 2. The molecule has 4 rings (SSSR count). The van der Waals surface area contributed by atoms with Crippen molar-refractivity contribution in [1.29, 1.82) is 0 Å². The number of nitrogens with zero attached hydrogens (tertiary/aromatic N) is 1. The van der Waals surface area contributed by atoms with E-state index in [4.69, 9.17) is 13.9 Å². The van der Waals surface area contributed by atoms with E-state index in [1.54, 1.807) is 45.9 Å². The van der Waals surface area contributed by atoms with Gasteiger partial charge in [-0.1, -0.05) is 26.8 Å². The Labute approximate surface area is 183 Å². The van der Waals surface area contributed by atoms with Crippen LogP contribution in [0.25, 0.3) is 16.7 Å². The third-order valence-electron chi connectivity index (χ3n) is 5.85. The second-order valence-electron chi connectivity index (χ2n) is 9.23. The second kappa shape index (κ2) is 7.88. The molecule has 172 valence electrons. The van der Waals surface area contributed by atoms with Crippen LogP contribution in [-0.4, -0.2) is 57.2 Å². The third-order valence-corrected chi connectivity index (χ3v) is 5.85. The van der Waals surface area contributed by atoms with E-state index in [1.165, 1.54) is 4.90 Å². The van der Waals surface area contributed by atoms with Crippen LogP contribution in [0.5, 0.6) is 0 Å². The highest BCUT2D eigenvalue weighted by molar-refractivity contribution is 6.07. The van der Waals surface area contributed by atoms with Gasteiger partial charge >= 0.3 is 11.7 Å². The normalized spacial score (nSPS) is 22.7. The fraction of sp³-hybridized carbons (Fsp3) is 0.500. The Morgan fingerprint density at radius 2 is 2.03 bits per heavy atom. The zero-order valence-electron chi connectivity index (χ0n) is 18.2. The number of benzene rings is 1. The molecule has 1 unspecified atom stereocenters. The van der Waals surface area contributed by atoms with Gasteiger partial charge in [-0.15, -0.1) is 0 Å². The summed E-state index contributed by atoms with van der Waals surface area (Å²) in [6.45, 7) is 6.36. The molecule has 32 heavy (non-hydrogen) atoms. The molecule has 1 fully saturated rings. The van der Waals surface area contributed by atoms with Gasteiger partial charge in [0.15, 0.2) is 18.7 Å². The molecule has 10 nitrogen and oxygen atoms in total. The number of amides is 1. The van der Waals surface area contributed by atoms with Gasteiger partial charge in [0.05, 0.1) is 23.6 Å². The zero-order chi connectivity index (χ0) is 23.4. The predicted octanol–water partition coefficient (Wildman–Crippen LogP) is 1.33. The first-order valence-electron chi connectivity index (χ1n) is 10.3. The van der Waals surface area contributed by atoms with E-state index >= 15 is 0 Å². The van der Waals surface area contributed by atoms with Crippen molar-refractivity contribution in [3.8, 4) is 0 Å². The summed E-state index contributed by atoms with van der Waals surface area (Å²) in [5.74, 6) is -2.35. The molecule has 1 amide bonds. The van der Waals surface area contributed by atoms with E-state index in [0.29, 0.717) is 28.7 Å². The van der Waals surface area contributed by atoms with Gasteiger partial charge in [0, 0.05) is 5.41 Å². The summed E-state index contributed by atoms with van der Waals surface area (Å²) < 4.78 is 15.4. The minimum absolute atomic E-state index is 0.0657. The fourth-order valence-corrected chi connectivity index (χ4v) is 4.13. The number of nitrogens with one attached hydrogen (secondary N) is 1. The number of hydrogen-bond acceptors (Lipinski definition) is 8. The van der Waals surface area contributed by atoms with Crippen molar-refractivity contribution in [2.75, 3.05) is 6.79 Å². The molecule has 0 spiro atoms. The van der Waals surface area contributed by atoms with Crippen LogP contribution in [0.15, 0.2) is 33.1 Å². The van der Waals surface area contributed by atoms with Crippen molar-refractivity contribution in [2.45, 2.75) is 52.6 Å². The van der Waals surface area contributed by atoms with Gasteiger partial charge in [-0.05, 0) is 36.6 Å². The van der Waals surface area contributed by atoms with E-state index in [-0.39, 0.29) is 17.6 Å². The quantitative estimate of drug-likeness (QED) is 0.343. The Kier molecular flexibility index (Phi) is 5.48. The Morgan fingerprint density at radius 1 is 1.31 bits per heavy atom. The molecule has 0 radical (unpaired) electrons. The summed E-state index contributed by atoms with van der Waals surface area (Å²) in [4.78, 5) is 41.1. The number of esters is 1. The van der Waals surface area contributed by atoms with Gasteiger partial charge < -0.3 is 29.0 Å². The number of β-lactam (4-membered cyclic amide) rings is 1. The average molecular weight is 446 g/mol. The van der Waals surface area contributed by atoms with E-state index in [9.17, 15) is 24.6 Å². The first kappa shape index (κ1) is 22.3. The fourth-order valence-electron chi connectivity index (χ4n) is 4.13. The number of oxazole rings is 1. The van der Waals surface area contributed by atoms with Crippen LogP contribution in [0.1, 0.15) is 39.7 Å². The predicted molar refractivity (Wildman–Crippen MR) is 112 cm³/mol. The molecule has 3 N–H and O–H groups in total. The largest absolute Gasteiger partial charge is 0.434 e. The summed E-state index contributed by atoms with van der Waals surface area (Å²) in [7, 11) is 0. The van der Waals surface area contributed by atoms with Crippen molar-refractivity contribution >= 4 is 28.5 Å². The highest BCUT2D eigenvalue weighted by Gasteiger charge is 2.57. The van der Waals surface area contributed by atoms with Crippen LogP contribution in [0.3, 0.4) is 0 Å². The number of carbonyl (C=O) groups excluding carboxylic acids is 2. The van der Waals surface area contributed by atoms with Crippen LogP contribution in [0, 0.1) is 11.3 Å². The summed E-state index contributed by atoms with van der Waals surface area (Å²) in [5.41, 5.74) is 1.49. The van der Waals surface area contributed by atoms with E-state index in [2.05, 4.69) is 4.98 Å². The Morgan fingerprint density at radius 3 is 2.69 bits per heavy atom. The molecule has 4 atom stereocenters. The SMILES string of the molecule is C[C@@H](O)[C@H]1C(=O)N2C(C(=O)OCOC(O)C(C)(C)C)=C(c3ccc4oc(=O)[nH]c4c3)C[C@H]12. The number of aromatic nitrogens is 1. The monoisotopic (exact) mass is 446 g/mol. The van der Waals surface area contributed by atoms with Gasteiger partial charge in [-0.2, -0.15) is 0 Å². The molecule has 0 saturated carbocycles. The number of carbonyl (C=O) groups is 2. The first-order chi connectivity index (χ1) is 15.0. The minimum Gasteiger partial charge on any atom is -0.434 e. The lowest BCUT2D eigenvalue weighted by Gasteiger charge is -2.44. The lowest BCUT2D eigenvalue weighted by molar-refractivity contribution is -0.210. The second-order valence-corrected chi connectivity index (χ2v) is 9.23. The van der Waals surface area contributed by atoms with Crippen LogP contribution in [-0.2, 0) is 19.1 Å². The van der Waals surface area contributed by atoms with E-state index in [0.717, 1.165) is 0 Å². The molecule has 1 aromatic carbocycles. The third kappa shape index (κ3) is 3.74. The maximum atomic E-state index is 13.0. The lowest BCUT2D eigenvalue weighted by Crippen LogP contribution is -2.61. The Balaban J connectivity index is 1.64.